The molecule has 0 spiro atoms. The predicted molar refractivity (Wildman–Crippen MR) is 129 cm³/mol. The average Bonchev–Trinajstić information content (AvgIpc) is 3.40. The summed E-state index contributed by atoms with van der Waals surface area (Å²) in [6, 6.07) is 9.24. The maximum atomic E-state index is 6.30. The van der Waals surface area contributed by atoms with E-state index >= 15 is 0 Å². The van der Waals surface area contributed by atoms with Crippen LogP contribution >= 0.6 is 27.5 Å². The standard InChI is InChI=1S/C23H23BrClN3O6/c1-29-16-7-12-15(26-10-27-22(12)28-11-4-5-13(24)14(25)6-11)8-17(16)33-18-9-32-20-19(18)34-23(31-3)21(20)30-2/h4-8,10,18-21,23H,9H2,1-3H3,(H,26,27,28)/t18-,19+,20-,21+,23-/m1/s1. The van der Waals surface area contributed by atoms with Crippen molar-refractivity contribution in [1.29, 1.82) is 0 Å². The number of ether oxygens (including phenoxy) is 6. The number of hydrogen-bond donors (Lipinski definition) is 1. The molecule has 1 aromatic heterocycles. The lowest BCUT2D eigenvalue weighted by molar-refractivity contribution is -0.171. The van der Waals surface area contributed by atoms with E-state index in [0.29, 0.717) is 34.5 Å². The van der Waals surface area contributed by atoms with E-state index in [0.717, 1.165) is 15.5 Å². The number of aromatic nitrogens is 2. The van der Waals surface area contributed by atoms with Crippen molar-refractivity contribution in [2.45, 2.75) is 30.7 Å². The molecule has 0 aliphatic carbocycles. The van der Waals surface area contributed by atoms with Gasteiger partial charge in [0.05, 0.1) is 24.3 Å². The molecule has 3 heterocycles. The molecule has 0 radical (unpaired) electrons. The zero-order valence-corrected chi connectivity index (χ0v) is 21.0. The highest BCUT2D eigenvalue weighted by atomic mass is 79.9. The number of benzene rings is 2. The van der Waals surface area contributed by atoms with Crippen LogP contribution in [0, 0.1) is 0 Å². The molecule has 2 aromatic carbocycles. The largest absolute Gasteiger partial charge is 0.493 e. The van der Waals surface area contributed by atoms with Crippen LogP contribution in [0.15, 0.2) is 41.1 Å². The number of nitrogens with one attached hydrogen (secondary N) is 1. The lowest BCUT2D eigenvalue weighted by Crippen LogP contribution is -2.35. The van der Waals surface area contributed by atoms with Gasteiger partial charge < -0.3 is 33.7 Å². The van der Waals surface area contributed by atoms with Gasteiger partial charge in [-0.05, 0) is 40.2 Å². The molecule has 5 rings (SSSR count). The van der Waals surface area contributed by atoms with E-state index in [1.807, 2.05) is 30.3 Å². The molecule has 0 amide bonds. The minimum Gasteiger partial charge on any atom is -0.493 e. The molecule has 0 saturated carbocycles. The maximum Gasteiger partial charge on any atom is 0.186 e. The number of nitrogens with zero attached hydrogens (tertiary/aromatic N) is 2. The average molecular weight is 553 g/mol. The summed E-state index contributed by atoms with van der Waals surface area (Å²) in [5, 5.41) is 4.65. The number of hydrogen-bond acceptors (Lipinski definition) is 9. The molecule has 34 heavy (non-hydrogen) atoms. The first-order chi connectivity index (χ1) is 16.5. The molecule has 2 saturated heterocycles. The fraction of sp³-hybridized carbons (Fsp3) is 0.391. The fourth-order valence-corrected chi connectivity index (χ4v) is 4.69. The molecule has 2 fully saturated rings. The SMILES string of the molecule is COc1cc2c(Nc3ccc(Br)c(Cl)c3)ncnc2cc1O[C@@H]1CO[C@H]2[C@H](OC)[C@H](OC)O[C@H]21. The van der Waals surface area contributed by atoms with Crippen molar-refractivity contribution in [2.24, 2.45) is 0 Å². The predicted octanol–water partition coefficient (Wildman–Crippen LogP) is 4.33. The summed E-state index contributed by atoms with van der Waals surface area (Å²) < 4.78 is 35.6. The van der Waals surface area contributed by atoms with Crippen molar-refractivity contribution in [3.63, 3.8) is 0 Å². The Kier molecular flexibility index (Phi) is 6.79. The first-order valence-electron chi connectivity index (χ1n) is 10.6. The Morgan fingerprint density at radius 2 is 1.91 bits per heavy atom. The van der Waals surface area contributed by atoms with Gasteiger partial charge in [-0.1, -0.05) is 11.6 Å². The molecule has 0 bridgehead atoms. The van der Waals surface area contributed by atoms with Crippen LogP contribution in [0.4, 0.5) is 11.5 Å². The van der Waals surface area contributed by atoms with E-state index in [2.05, 4.69) is 31.2 Å². The van der Waals surface area contributed by atoms with Crippen LogP contribution in [0.5, 0.6) is 11.5 Å². The van der Waals surface area contributed by atoms with Gasteiger partial charge in [-0.3, -0.25) is 0 Å². The van der Waals surface area contributed by atoms with Gasteiger partial charge in [0, 0.05) is 35.8 Å². The van der Waals surface area contributed by atoms with E-state index in [9.17, 15) is 0 Å². The summed E-state index contributed by atoms with van der Waals surface area (Å²) in [6.07, 6.45) is -0.322. The van der Waals surface area contributed by atoms with Crippen molar-refractivity contribution in [2.75, 3.05) is 33.3 Å². The molecule has 11 heteroatoms. The Morgan fingerprint density at radius 3 is 2.65 bits per heavy atom. The van der Waals surface area contributed by atoms with Gasteiger partial charge in [-0.25, -0.2) is 9.97 Å². The highest BCUT2D eigenvalue weighted by molar-refractivity contribution is 9.10. The van der Waals surface area contributed by atoms with Crippen LogP contribution in [-0.2, 0) is 18.9 Å². The van der Waals surface area contributed by atoms with E-state index in [-0.39, 0.29) is 24.4 Å². The second-order valence-electron chi connectivity index (χ2n) is 7.86. The zero-order chi connectivity index (χ0) is 23.8. The highest BCUT2D eigenvalue weighted by Gasteiger charge is 2.54. The van der Waals surface area contributed by atoms with Crippen molar-refractivity contribution < 1.29 is 28.4 Å². The molecule has 180 valence electrons. The van der Waals surface area contributed by atoms with Crippen molar-refractivity contribution in [3.05, 3.63) is 46.2 Å². The lowest BCUT2D eigenvalue weighted by atomic mass is 10.1. The summed E-state index contributed by atoms with van der Waals surface area (Å²) in [5.41, 5.74) is 1.48. The second-order valence-corrected chi connectivity index (χ2v) is 9.12. The van der Waals surface area contributed by atoms with Gasteiger partial charge in [0.15, 0.2) is 23.9 Å². The Labute approximate surface area is 209 Å². The first kappa shape index (κ1) is 23.5. The topological polar surface area (TPSA) is 93.2 Å². The van der Waals surface area contributed by atoms with E-state index in [4.69, 9.17) is 40.0 Å². The third-order valence-electron chi connectivity index (χ3n) is 5.91. The Balaban J connectivity index is 1.42. The van der Waals surface area contributed by atoms with Crippen LogP contribution in [-0.4, -0.2) is 68.6 Å². The van der Waals surface area contributed by atoms with Crippen molar-refractivity contribution in [3.8, 4) is 11.5 Å². The number of methoxy groups -OCH3 is 3. The molecule has 3 aromatic rings. The molecule has 2 aliphatic heterocycles. The molecular formula is C23H23BrClN3O6. The minimum atomic E-state index is -0.515. The van der Waals surface area contributed by atoms with E-state index in [1.54, 1.807) is 21.3 Å². The number of anilines is 2. The molecular weight excluding hydrogens is 530 g/mol. The molecule has 0 unspecified atom stereocenters. The Bertz CT molecular complexity index is 1200. The lowest BCUT2D eigenvalue weighted by Gasteiger charge is -2.21. The highest BCUT2D eigenvalue weighted by Crippen LogP contribution is 2.39. The summed E-state index contributed by atoms with van der Waals surface area (Å²) in [4.78, 5) is 8.82. The Hall–Kier alpha value is -2.21. The number of rotatable bonds is 7. The van der Waals surface area contributed by atoms with Crippen LogP contribution in [0.3, 0.4) is 0 Å². The van der Waals surface area contributed by atoms with Crippen LogP contribution < -0.4 is 14.8 Å². The molecule has 2 aliphatic rings. The zero-order valence-electron chi connectivity index (χ0n) is 18.7. The smallest absolute Gasteiger partial charge is 0.186 e. The molecule has 1 N–H and O–H groups in total. The summed E-state index contributed by atoms with van der Waals surface area (Å²) >= 11 is 9.63. The van der Waals surface area contributed by atoms with Gasteiger partial charge in [-0.2, -0.15) is 0 Å². The third kappa shape index (κ3) is 4.30. The van der Waals surface area contributed by atoms with Gasteiger partial charge in [0.1, 0.15) is 30.5 Å². The summed E-state index contributed by atoms with van der Waals surface area (Å²) in [5.74, 6) is 1.67. The van der Waals surface area contributed by atoms with Crippen molar-refractivity contribution >= 4 is 49.9 Å². The molecule has 9 nitrogen and oxygen atoms in total. The van der Waals surface area contributed by atoms with E-state index in [1.165, 1.54) is 6.33 Å². The third-order valence-corrected chi connectivity index (χ3v) is 7.14. The van der Waals surface area contributed by atoms with Gasteiger partial charge in [0.2, 0.25) is 0 Å². The summed E-state index contributed by atoms with van der Waals surface area (Å²) in [7, 11) is 4.77. The normalized spacial score (nSPS) is 26.0. The quantitative estimate of drug-likeness (QED) is 0.460. The first-order valence-corrected chi connectivity index (χ1v) is 11.7. The second kappa shape index (κ2) is 9.80. The maximum absolute atomic E-state index is 6.30. The van der Waals surface area contributed by atoms with Crippen LogP contribution in [0.2, 0.25) is 5.02 Å². The minimum absolute atomic E-state index is 0.276. The fourth-order valence-electron chi connectivity index (χ4n) is 4.27. The van der Waals surface area contributed by atoms with E-state index < -0.39 is 6.29 Å². The van der Waals surface area contributed by atoms with Gasteiger partial charge in [0.25, 0.3) is 0 Å². The van der Waals surface area contributed by atoms with Crippen LogP contribution in [0.1, 0.15) is 0 Å². The number of halogens is 2. The van der Waals surface area contributed by atoms with Crippen molar-refractivity contribution in [1.82, 2.24) is 9.97 Å². The summed E-state index contributed by atoms with van der Waals surface area (Å²) in [6.45, 7) is 0.355. The molecule has 5 atom stereocenters. The Morgan fingerprint density at radius 1 is 1.06 bits per heavy atom. The van der Waals surface area contributed by atoms with Gasteiger partial charge >= 0.3 is 0 Å². The number of fused-ring (bicyclic) bond motifs is 2. The van der Waals surface area contributed by atoms with Gasteiger partial charge in [-0.15, -0.1) is 0 Å². The van der Waals surface area contributed by atoms with Crippen LogP contribution in [0.25, 0.3) is 10.9 Å². The monoisotopic (exact) mass is 551 g/mol.